The van der Waals surface area contributed by atoms with Crippen molar-refractivity contribution in [1.29, 1.82) is 5.26 Å². The molecule has 0 saturated heterocycles. The maximum atomic E-state index is 13.2. The minimum atomic E-state index is -0.861. The van der Waals surface area contributed by atoms with Crippen LogP contribution in [0.1, 0.15) is 23.0 Å². The first-order valence-electron chi connectivity index (χ1n) is 4.12. The Labute approximate surface area is 81.2 Å². The van der Waals surface area contributed by atoms with Crippen LogP contribution in [0, 0.1) is 30.0 Å². The molecule has 1 heterocycles. The lowest BCUT2D eigenvalue weighted by Crippen LogP contribution is -2.13. The minimum absolute atomic E-state index is 0.260. The summed E-state index contributed by atoms with van der Waals surface area (Å²) in [6, 6.07) is 2.98. The lowest BCUT2D eigenvalue weighted by atomic mass is 10.0. The Balaban J connectivity index is 3.09. The van der Waals surface area contributed by atoms with Gasteiger partial charge < -0.3 is 0 Å². The standard InChI is InChI=1S/C10H9FN2O/c1-6-3-8(11)9(13-5-6)10(14)7(2)4-12/h3,5,7H,1-2H3. The van der Waals surface area contributed by atoms with Crippen molar-refractivity contribution < 1.29 is 9.18 Å². The average Bonchev–Trinajstić information content (AvgIpc) is 2.15. The molecule has 1 unspecified atom stereocenters. The van der Waals surface area contributed by atoms with E-state index in [1.54, 1.807) is 13.0 Å². The van der Waals surface area contributed by atoms with Crippen molar-refractivity contribution in [2.45, 2.75) is 13.8 Å². The Bertz CT molecular complexity index is 409. The van der Waals surface area contributed by atoms with Crippen molar-refractivity contribution in [3.63, 3.8) is 0 Å². The number of ketones is 1. The lowest BCUT2D eigenvalue weighted by molar-refractivity contribution is 0.0947. The summed E-state index contributed by atoms with van der Waals surface area (Å²) in [6.45, 7) is 3.10. The van der Waals surface area contributed by atoms with Crippen LogP contribution in [0.5, 0.6) is 0 Å². The van der Waals surface area contributed by atoms with Crippen molar-refractivity contribution >= 4 is 5.78 Å². The highest BCUT2D eigenvalue weighted by molar-refractivity contribution is 5.97. The van der Waals surface area contributed by atoms with Gasteiger partial charge in [-0.2, -0.15) is 5.26 Å². The number of Topliss-reactive ketones (excluding diaryl/α,β-unsaturated/α-hetero) is 1. The second kappa shape index (κ2) is 3.97. The Morgan fingerprint density at radius 2 is 2.36 bits per heavy atom. The van der Waals surface area contributed by atoms with E-state index in [9.17, 15) is 9.18 Å². The molecule has 72 valence electrons. The van der Waals surface area contributed by atoms with Crippen LogP contribution in [0.2, 0.25) is 0 Å². The summed E-state index contributed by atoms with van der Waals surface area (Å²) < 4.78 is 13.2. The second-order valence-corrected chi connectivity index (χ2v) is 3.06. The SMILES string of the molecule is Cc1cnc(C(=O)C(C)C#N)c(F)c1. The maximum Gasteiger partial charge on any atom is 0.200 e. The molecule has 0 fully saturated rings. The summed E-state index contributed by atoms with van der Waals surface area (Å²) in [5.74, 6) is -2.11. The zero-order chi connectivity index (χ0) is 10.7. The van der Waals surface area contributed by atoms with E-state index in [1.807, 2.05) is 0 Å². The maximum absolute atomic E-state index is 13.2. The van der Waals surface area contributed by atoms with Crippen molar-refractivity contribution in [3.05, 3.63) is 29.3 Å². The van der Waals surface area contributed by atoms with E-state index in [4.69, 9.17) is 5.26 Å². The predicted octanol–water partition coefficient (Wildman–Crippen LogP) is 1.87. The molecule has 4 heteroatoms. The first-order valence-corrected chi connectivity index (χ1v) is 4.12. The smallest absolute Gasteiger partial charge is 0.200 e. The van der Waals surface area contributed by atoms with Gasteiger partial charge in [0, 0.05) is 6.20 Å². The molecule has 0 aliphatic heterocycles. The Hall–Kier alpha value is -1.76. The number of aromatic nitrogens is 1. The van der Waals surface area contributed by atoms with Crippen LogP contribution >= 0.6 is 0 Å². The second-order valence-electron chi connectivity index (χ2n) is 3.06. The predicted molar refractivity (Wildman–Crippen MR) is 48.0 cm³/mol. The highest BCUT2D eigenvalue weighted by atomic mass is 19.1. The van der Waals surface area contributed by atoms with E-state index < -0.39 is 17.5 Å². The molecule has 0 N–H and O–H groups in total. The van der Waals surface area contributed by atoms with E-state index in [0.29, 0.717) is 5.56 Å². The molecule has 1 atom stereocenters. The number of carbonyl (C=O) groups excluding carboxylic acids is 1. The normalized spacial score (nSPS) is 11.9. The van der Waals surface area contributed by atoms with Gasteiger partial charge in [0.05, 0.1) is 6.07 Å². The number of rotatable bonds is 2. The fourth-order valence-corrected chi connectivity index (χ4v) is 0.979. The van der Waals surface area contributed by atoms with Crippen molar-refractivity contribution in [2.75, 3.05) is 0 Å². The van der Waals surface area contributed by atoms with E-state index in [-0.39, 0.29) is 5.69 Å². The molecule has 1 rings (SSSR count). The number of halogens is 1. The van der Waals surface area contributed by atoms with E-state index in [2.05, 4.69) is 4.98 Å². The molecule has 0 radical (unpaired) electrons. The molecule has 0 aromatic carbocycles. The van der Waals surface area contributed by atoms with Gasteiger partial charge in [-0.25, -0.2) is 9.37 Å². The van der Waals surface area contributed by atoms with Gasteiger partial charge in [0.1, 0.15) is 11.6 Å². The third-order valence-electron chi connectivity index (χ3n) is 1.80. The van der Waals surface area contributed by atoms with Gasteiger partial charge in [-0.15, -0.1) is 0 Å². The van der Waals surface area contributed by atoms with Crippen molar-refractivity contribution in [1.82, 2.24) is 4.98 Å². The molecule has 14 heavy (non-hydrogen) atoms. The number of hydrogen-bond donors (Lipinski definition) is 0. The minimum Gasteiger partial charge on any atom is -0.291 e. The number of nitriles is 1. The van der Waals surface area contributed by atoms with Gasteiger partial charge in [-0.05, 0) is 25.5 Å². The molecule has 1 aromatic rings. The van der Waals surface area contributed by atoms with Gasteiger partial charge in [-0.1, -0.05) is 0 Å². The van der Waals surface area contributed by atoms with Crippen LogP contribution in [-0.4, -0.2) is 10.8 Å². The summed E-state index contributed by atoms with van der Waals surface area (Å²) >= 11 is 0. The first kappa shape index (κ1) is 10.3. The van der Waals surface area contributed by atoms with E-state index in [0.717, 1.165) is 0 Å². The zero-order valence-electron chi connectivity index (χ0n) is 7.91. The summed E-state index contributed by atoms with van der Waals surface area (Å²) in [7, 11) is 0. The Morgan fingerprint density at radius 3 is 2.86 bits per heavy atom. The van der Waals surface area contributed by atoms with Crippen molar-refractivity contribution in [2.24, 2.45) is 5.92 Å². The Kier molecular flexibility index (Phi) is 2.92. The molecule has 0 spiro atoms. The number of nitrogens with zero attached hydrogens (tertiary/aromatic N) is 2. The topological polar surface area (TPSA) is 53.8 Å². The third-order valence-corrected chi connectivity index (χ3v) is 1.80. The fraction of sp³-hybridized carbons (Fsp3) is 0.300. The quantitative estimate of drug-likeness (QED) is 0.672. The van der Waals surface area contributed by atoms with Gasteiger partial charge in [0.2, 0.25) is 5.78 Å². The molecular weight excluding hydrogens is 183 g/mol. The number of carbonyl (C=O) groups is 1. The van der Waals surface area contributed by atoms with Gasteiger partial charge >= 0.3 is 0 Å². The summed E-state index contributed by atoms with van der Waals surface area (Å²) in [5.41, 5.74) is 0.383. The first-order chi connectivity index (χ1) is 6.56. The summed E-state index contributed by atoms with van der Waals surface area (Å²) in [6.07, 6.45) is 1.40. The molecule has 1 aromatic heterocycles. The Morgan fingerprint density at radius 1 is 1.71 bits per heavy atom. The van der Waals surface area contributed by atoms with Crippen LogP contribution in [0.3, 0.4) is 0 Å². The number of aryl methyl sites for hydroxylation is 1. The molecule has 0 aliphatic rings. The molecule has 0 amide bonds. The lowest BCUT2D eigenvalue weighted by Gasteiger charge is -2.02. The molecule has 0 bridgehead atoms. The molecule has 0 aliphatic carbocycles. The fourth-order valence-electron chi connectivity index (χ4n) is 0.979. The number of hydrogen-bond acceptors (Lipinski definition) is 3. The van der Waals surface area contributed by atoms with Crippen LogP contribution in [0.15, 0.2) is 12.3 Å². The molecular formula is C10H9FN2O. The van der Waals surface area contributed by atoms with Gasteiger partial charge in [-0.3, -0.25) is 4.79 Å². The number of pyridine rings is 1. The molecule has 0 saturated carbocycles. The third kappa shape index (κ3) is 1.94. The molecule has 3 nitrogen and oxygen atoms in total. The monoisotopic (exact) mass is 192 g/mol. The van der Waals surface area contributed by atoms with Crippen LogP contribution in [0.4, 0.5) is 4.39 Å². The van der Waals surface area contributed by atoms with E-state index in [1.165, 1.54) is 19.2 Å². The average molecular weight is 192 g/mol. The summed E-state index contributed by atoms with van der Waals surface area (Å²) in [4.78, 5) is 15.1. The van der Waals surface area contributed by atoms with Gasteiger partial charge in [0.15, 0.2) is 5.82 Å². The highest BCUT2D eigenvalue weighted by Gasteiger charge is 2.19. The summed E-state index contributed by atoms with van der Waals surface area (Å²) in [5, 5.41) is 8.49. The van der Waals surface area contributed by atoms with Crippen LogP contribution in [0.25, 0.3) is 0 Å². The highest BCUT2D eigenvalue weighted by Crippen LogP contribution is 2.11. The van der Waals surface area contributed by atoms with Crippen LogP contribution in [-0.2, 0) is 0 Å². The van der Waals surface area contributed by atoms with Gasteiger partial charge in [0.25, 0.3) is 0 Å². The largest absolute Gasteiger partial charge is 0.291 e. The van der Waals surface area contributed by atoms with E-state index >= 15 is 0 Å². The van der Waals surface area contributed by atoms with Crippen molar-refractivity contribution in [3.8, 4) is 6.07 Å². The van der Waals surface area contributed by atoms with Crippen LogP contribution < -0.4 is 0 Å². The zero-order valence-corrected chi connectivity index (χ0v) is 7.91.